The predicted octanol–water partition coefficient (Wildman–Crippen LogP) is 4.68. The Hall–Kier alpha value is -2.51. The molecule has 5 rings (SSSR count). The number of thiophene rings is 2. The first-order chi connectivity index (χ1) is 14.6. The van der Waals surface area contributed by atoms with E-state index in [9.17, 15) is 9.59 Å². The Morgan fingerprint density at radius 3 is 3.00 bits per heavy atom. The van der Waals surface area contributed by atoms with Gasteiger partial charge >= 0.3 is 0 Å². The number of carbonyl (C=O) groups excluding carboxylic acids is 1. The smallest absolute Gasteiger partial charge is 0.262 e. The van der Waals surface area contributed by atoms with Crippen molar-refractivity contribution in [1.82, 2.24) is 14.9 Å². The van der Waals surface area contributed by atoms with E-state index in [2.05, 4.69) is 22.8 Å². The van der Waals surface area contributed by atoms with Gasteiger partial charge in [-0.3, -0.25) is 14.2 Å². The molecule has 30 heavy (non-hydrogen) atoms. The van der Waals surface area contributed by atoms with Crippen molar-refractivity contribution in [2.75, 3.05) is 6.54 Å². The van der Waals surface area contributed by atoms with Crippen LogP contribution in [0.25, 0.3) is 20.3 Å². The minimum absolute atomic E-state index is 0.00874. The molecule has 0 saturated heterocycles. The standard InChI is InChI=1S/C23H23N3O2S2/c1-14-19-22(25-18-9-3-2-6-12-26(18)23(19)28)30-20(14)21(27)24-11-10-15-13-29-17-8-5-4-7-16(15)17/h4-5,7-8,13H,2-3,6,9-12H2,1H3,(H,24,27). The van der Waals surface area contributed by atoms with Crippen molar-refractivity contribution in [3.8, 4) is 0 Å². The number of aryl methyl sites for hydroxylation is 2. The topological polar surface area (TPSA) is 64.0 Å². The molecule has 3 aromatic heterocycles. The summed E-state index contributed by atoms with van der Waals surface area (Å²) in [6, 6.07) is 8.34. The molecule has 0 bridgehead atoms. The Balaban J connectivity index is 1.38. The molecule has 1 aliphatic rings. The minimum atomic E-state index is -0.116. The number of nitrogens with one attached hydrogen (secondary N) is 1. The third-order valence-corrected chi connectivity index (χ3v) is 8.06. The van der Waals surface area contributed by atoms with Crippen LogP contribution in [0.4, 0.5) is 0 Å². The van der Waals surface area contributed by atoms with Gasteiger partial charge in [0.2, 0.25) is 0 Å². The van der Waals surface area contributed by atoms with E-state index in [1.165, 1.54) is 27.0 Å². The van der Waals surface area contributed by atoms with Crippen LogP contribution >= 0.6 is 22.7 Å². The molecule has 1 aliphatic heterocycles. The van der Waals surface area contributed by atoms with E-state index in [0.29, 0.717) is 21.6 Å². The van der Waals surface area contributed by atoms with E-state index in [0.717, 1.165) is 50.0 Å². The Bertz CT molecular complexity index is 1320. The molecule has 4 heterocycles. The van der Waals surface area contributed by atoms with Crippen molar-refractivity contribution in [3.63, 3.8) is 0 Å². The Morgan fingerprint density at radius 1 is 1.23 bits per heavy atom. The number of rotatable bonds is 4. The zero-order valence-corrected chi connectivity index (χ0v) is 18.5. The van der Waals surface area contributed by atoms with Crippen molar-refractivity contribution < 1.29 is 4.79 Å². The van der Waals surface area contributed by atoms with Gasteiger partial charge in [0.15, 0.2) is 0 Å². The minimum Gasteiger partial charge on any atom is -0.351 e. The molecule has 0 unspecified atom stereocenters. The van der Waals surface area contributed by atoms with Crippen molar-refractivity contribution in [2.24, 2.45) is 0 Å². The number of hydrogen-bond donors (Lipinski definition) is 1. The van der Waals surface area contributed by atoms with E-state index in [4.69, 9.17) is 4.98 Å². The van der Waals surface area contributed by atoms with Gasteiger partial charge in [0.25, 0.3) is 11.5 Å². The first kappa shape index (κ1) is 19.5. The molecule has 5 nitrogen and oxygen atoms in total. The van der Waals surface area contributed by atoms with Crippen LogP contribution in [0.1, 0.15) is 45.9 Å². The number of benzene rings is 1. The van der Waals surface area contributed by atoms with Crippen LogP contribution < -0.4 is 10.9 Å². The predicted molar refractivity (Wildman–Crippen MR) is 124 cm³/mol. The number of nitrogens with zero attached hydrogens (tertiary/aromatic N) is 2. The fourth-order valence-electron chi connectivity index (χ4n) is 4.24. The Labute approximate surface area is 182 Å². The molecule has 1 N–H and O–H groups in total. The molecule has 4 aromatic rings. The molecule has 0 spiro atoms. The normalized spacial score (nSPS) is 14.0. The third-order valence-electron chi connectivity index (χ3n) is 5.86. The van der Waals surface area contributed by atoms with Gasteiger partial charge in [0.05, 0.1) is 10.3 Å². The van der Waals surface area contributed by atoms with Gasteiger partial charge in [-0.1, -0.05) is 24.6 Å². The van der Waals surface area contributed by atoms with Crippen molar-refractivity contribution in [1.29, 1.82) is 0 Å². The number of aromatic nitrogens is 2. The van der Waals surface area contributed by atoms with Crippen LogP contribution in [-0.4, -0.2) is 22.0 Å². The molecule has 1 aromatic carbocycles. The molecule has 1 amide bonds. The molecule has 0 saturated carbocycles. The van der Waals surface area contributed by atoms with Crippen LogP contribution in [-0.2, 0) is 19.4 Å². The van der Waals surface area contributed by atoms with Gasteiger partial charge in [0.1, 0.15) is 10.7 Å². The van der Waals surface area contributed by atoms with Gasteiger partial charge in [-0.05, 0) is 54.1 Å². The number of fused-ring (bicyclic) bond motifs is 3. The molecule has 0 radical (unpaired) electrons. The van der Waals surface area contributed by atoms with Crippen LogP contribution in [0.15, 0.2) is 34.4 Å². The number of hydrogen-bond acceptors (Lipinski definition) is 5. The molecule has 7 heteroatoms. The number of amides is 1. The Kier molecular flexibility index (Phi) is 5.16. The van der Waals surface area contributed by atoms with Crippen LogP contribution in [0, 0.1) is 6.92 Å². The summed E-state index contributed by atoms with van der Waals surface area (Å²) in [5.41, 5.74) is 2.02. The highest BCUT2D eigenvalue weighted by atomic mass is 32.1. The summed E-state index contributed by atoms with van der Waals surface area (Å²) in [5, 5.41) is 7.08. The first-order valence-corrected chi connectivity index (χ1v) is 12.1. The second-order valence-electron chi connectivity index (χ2n) is 7.79. The molecular formula is C23H23N3O2S2. The molecule has 0 aliphatic carbocycles. The van der Waals surface area contributed by atoms with E-state index in [-0.39, 0.29) is 11.5 Å². The lowest BCUT2D eigenvalue weighted by Crippen LogP contribution is -2.26. The van der Waals surface area contributed by atoms with Gasteiger partial charge in [-0.25, -0.2) is 4.98 Å². The molecule has 0 fully saturated rings. The van der Waals surface area contributed by atoms with Gasteiger partial charge in [0, 0.05) is 24.2 Å². The molecule has 0 atom stereocenters. The second kappa shape index (κ2) is 7.96. The van der Waals surface area contributed by atoms with E-state index >= 15 is 0 Å². The fraction of sp³-hybridized carbons (Fsp3) is 0.348. The Morgan fingerprint density at radius 2 is 2.10 bits per heavy atom. The largest absolute Gasteiger partial charge is 0.351 e. The third kappa shape index (κ3) is 3.36. The van der Waals surface area contributed by atoms with E-state index in [1.54, 1.807) is 11.3 Å². The SMILES string of the molecule is Cc1c(C(=O)NCCc2csc3ccccc23)sc2nc3n(c(=O)c12)CCCCC3. The quantitative estimate of drug-likeness (QED) is 0.504. The fourth-order valence-corrected chi connectivity index (χ4v) is 6.35. The monoisotopic (exact) mass is 437 g/mol. The summed E-state index contributed by atoms with van der Waals surface area (Å²) in [5.74, 6) is 0.747. The van der Waals surface area contributed by atoms with E-state index < -0.39 is 0 Å². The average molecular weight is 438 g/mol. The van der Waals surface area contributed by atoms with Crippen molar-refractivity contribution >= 4 is 48.9 Å². The van der Waals surface area contributed by atoms with Crippen LogP contribution in [0.3, 0.4) is 0 Å². The maximum absolute atomic E-state index is 13.1. The zero-order valence-electron chi connectivity index (χ0n) is 16.9. The lowest BCUT2D eigenvalue weighted by molar-refractivity contribution is 0.0958. The van der Waals surface area contributed by atoms with E-state index in [1.807, 2.05) is 23.6 Å². The maximum Gasteiger partial charge on any atom is 0.262 e. The first-order valence-electron chi connectivity index (χ1n) is 10.4. The zero-order chi connectivity index (χ0) is 20.7. The molecule has 154 valence electrons. The maximum atomic E-state index is 13.1. The van der Waals surface area contributed by atoms with Gasteiger partial charge in [-0.15, -0.1) is 22.7 Å². The summed E-state index contributed by atoms with van der Waals surface area (Å²) in [7, 11) is 0. The summed E-state index contributed by atoms with van der Waals surface area (Å²) in [4.78, 5) is 32.0. The van der Waals surface area contributed by atoms with Crippen molar-refractivity contribution in [2.45, 2.75) is 45.6 Å². The van der Waals surface area contributed by atoms with Crippen LogP contribution in [0.5, 0.6) is 0 Å². The average Bonchev–Trinajstić information content (AvgIpc) is 3.20. The second-order valence-corrected chi connectivity index (χ2v) is 9.71. The summed E-state index contributed by atoms with van der Waals surface area (Å²) in [6.45, 7) is 3.16. The highest BCUT2D eigenvalue weighted by Crippen LogP contribution is 2.29. The van der Waals surface area contributed by atoms with Gasteiger partial charge in [-0.2, -0.15) is 0 Å². The van der Waals surface area contributed by atoms with Crippen molar-refractivity contribution in [3.05, 3.63) is 61.8 Å². The summed E-state index contributed by atoms with van der Waals surface area (Å²) in [6.07, 6.45) is 4.82. The lowest BCUT2D eigenvalue weighted by Gasteiger charge is -2.08. The lowest BCUT2D eigenvalue weighted by atomic mass is 10.1. The summed E-state index contributed by atoms with van der Waals surface area (Å²) < 4.78 is 3.09. The van der Waals surface area contributed by atoms with Crippen LogP contribution in [0.2, 0.25) is 0 Å². The highest BCUT2D eigenvalue weighted by molar-refractivity contribution is 7.20. The molecular weight excluding hydrogens is 414 g/mol. The highest BCUT2D eigenvalue weighted by Gasteiger charge is 2.22. The van der Waals surface area contributed by atoms with Gasteiger partial charge < -0.3 is 5.32 Å². The summed E-state index contributed by atoms with van der Waals surface area (Å²) >= 11 is 3.08. The number of carbonyl (C=O) groups is 1.